The van der Waals surface area contributed by atoms with Crippen LogP contribution in [-0.4, -0.2) is 64.6 Å². The molecule has 202 valence electrons. The Morgan fingerprint density at radius 3 is 2.06 bits per heavy atom. The summed E-state index contributed by atoms with van der Waals surface area (Å²) >= 11 is 0. The molecule has 36 heavy (non-hydrogen) atoms. The van der Waals surface area contributed by atoms with Crippen LogP contribution in [0, 0.1) is 28.6 Å². The zero-order chi connectivity index (χ0) is 27.4. The van der Waals surface area contributed by atoms with Crippen LogP contribution in [0.4, 0.5) is 4.79 Å². The largest absolute Gasteiger partial charge is 0.363 e. The summed E-state index contributed by atoms with van der Waals surface area (Å²) in [5.74, 6) is -2.34. The number of piperidine rings is 1. The van der Waals surface area contributed by atoms with Crippen LogP contribution in [0.2, 0.25) is 0 Å². The molecule has 0 unspecified atom stereocenters. The maximum Gasteiger partial charge on any atom is 0.315 e. The van der Waals surface area contributed by atoms with Crippen LogP contribution >= 0.6 is 0 Å². The minimum Gasteiger partial charge on any atom is -0.363 e. The number of nitrogens with one attached hydrogen (secondary N) is 3. The summed E-state index contributed by atoms with van der Waals surface area (Å²) in [6.07, 6.45) is 2.25. The van der Waals surface area contributed by atoms with Crippen LogP contribution in [0.15, 0.2) is 0 Å². The lowest BCUT2D eigenvalue weighted by Gasteiger charge is -2.38. The number of carbonyl (C=O) groups is 5. The zero-order valence-corrected chi connectivity index (χ0v) is 22.9. The molecule has 3 rings (SSSR count). The molecule has 3 fully saturated rings. The van der Waals surface area contributed by atoms with Crippen molar-refractivity contribution in [1.29, 1.82) is 0 Å². The number of primary amides is 1. The third-order valence-electron chi connectivity index (χ3n) is 7.78. The summed E-state index contributed by atoms with van der Waals surface area (Å²) in [6.45, 7) is 15.7. The second-order valence-electron chi connectivity index (χ2n) is 13.5. The Hall–Kier alpha value is -2.65. The number of amides is 5. The second kappa shape index (κ2) is 9.34. The van der Waals surface area contributed by atoms with Crippen LogP contribution in [0.3, 0.4) is 0 Å². The van der Waals surface area contributed by atoms with Gasteiger partial charge in [-0.15, -0.1) is 0 Å². The predicted octanol–water partition coefficient (Wildman–Crippen LogP) is 1.32. The lowest BCUT2D eigenvalue weighted by atomic mass is 9.85. The Morgan fingerprint density at radius 1 is 1.00 bits per heavy atom. The number of carbonyl (C=O) groups excluding carboxylic acids is 5. The van der Waals surface area contributed by atoms with Gasteiger partial charge in [0.25, 0.3) is 5.91 Å². The Balaban J connectivity index is 1.83. The summed E-state index contributed by atoms with van der Waals surface area (Å²) in [7, 11) is 0. The number of rotatable bonds is 8. The molecule has 5 atom stereocenters. The molecule has 10 nitrogen and oxygen atoms in total. The molecule has 5 amide bonds. The van der Waals surface area contributed by atoms with E-state index in [4.69, 9.17) is 5.73 Å². The molecule has 2 aliphatic carbocycles. The van der Waals surface area contributed by atoms with E-state index < -0.39 is 52.7 Å². The quantitative estimate of drug-likeness (QED) is 0.367. The number of nitrogens with two attached hydrogens (primary N) is 1. The van der Waals surface area contributed by atoms with Crippen molar-refractivity contribution in [3.8, 4) is 0 Å². The van der Waals surface area contributed by atoms with E-state index in [9.17, 15) is 24.0 Å². The molecular formula is C26H43N5O5. The third kappa shape index (κ3) is 6.00. The summed E-state index contributed by atoms with van der Waals surface area (Å²) in [4.78, 5) is 65.7. The van der Waals surface area contributed by atoms with Gasteiger partial charge in [0.15, 0.2) is 0 Å². The lowest BCUT2D eigenvalue weighted by Crippen LogP contribution is -2.62. The highest BCUT2D eigenvalue weighted by Crippen LogP contribution is 2.65. The van der Waals surface area contributed by atoms with Gasteiger partial charge in [0, 0.05) is 12.1 Å². The Labute approximate surface area is 213 Å². The fourth-order valence-corrected chi connectivity index (χ4v) is 5.48. The molecule has 2 saturated carbocycles. The molecule has 0 radical (unpaired) electrons. The van der Waals surface area contributed by atoms with E-state index >= 15 is 0 Å². The van der Waals surface area contributed by atoms with Crippen LogP contribution < -0.4 is 21.7 Å². The molecule has 1 aliphatic heterocycles. The Kier molecular flexibility index (Phi) is 7.24. The fraction of sp³-hybridized carbons (Fsp3) is 0.808. The molecule has 3 aliphatic rings. The predicted molar refractivity (Wildman–Crippen MR) is 134 cm³/mol. The Morgan fingerprint density at radius 2 is 1.58 bits per heavy atom. The van der Waals surface area contributed by atoms with Gasteiger partial charge in [-0.05, 0) is 55.8 Å². The average molecular weight is 506 g/mol. The first-order valence-corrected chi connectivity index (χ1v) is 12.9. The van der Waals surface area contributed by atoms with Crippen LogP contribution in [0.25, 0.3) is 0 Å². The summed E-state index contributed by atoms with van der Waals surface area (Å²) in [6, 6.07) is -3.12. The van der Waals surface area contributed by atoms with Gasteiger partial charge in [0.05, 0.1) is 6.04 Å². The third-order valence-corrected chi connectivity index (χ3v) is 7.78. The van der Waals surface area contributed by atoms with E-state index in [2.05, 4.69) is 29.8 Å². The van der Waals surface area contributed by atoms with E-state index in [1.807, 2.05) is 41.5 Å². The molecule has 1 heterocycles. The molecule has 0 spiro atoms. The van der Waals surface area contributed by atoms with Gasteiger partial charge in [0.2, 0.25) is 17.6 Å². The monoisotopic (exact) mass is 505 g/mol. The standard InChI is InChI=1S/C26H43N5O5/c1-24(2,3)19(29-23(36)30-25(4,5)6)22(35)31-12-14-16(26(14,7)8)17(31)21(34)28-15(11-13-9-10-13)18(32)20(27)33/h13-17,19H,9-12H2,1-8H3,(H2,27,33)(H,28,34)(H2,29,30,36)/t14-,15-,16-,17-,19+/m0/s1. The molecule has 10 heteroatoms. The van der Waals surface area contributed by atoms with Gasteiger partial charge < -0.3 is 26.6 Å². The number of nitrogens with zero attached hydrogens (tertiary/aromatic N) is 1. The second-order valence-corrected chi connectivity index (χ2v) is 13.5. The number of hydrogen-bond acceptors (Lipinski definition) is 5. The maximum absolute atomic E-state index is 13.9. The van der Waals surface area contributed by atoms with Crippen molar-refractivity contribution in [2.24, 2.45) is 34.3 Å². The molecule has 1 saturated heterocycles. The van der Waals surface area contributed by atoms with Crippen molar-refractivity contribution < 1.29 is 24.0 Å². The van der Waals surface area contributed by atoms with Crippen molar-refractivity contribution in [2.75, 3.05) is 6.54 Å². The smallest absolute Gasteiger partial charge is 0.315 e. The number of Topliss-reactive ketones (excluding diaryl/α,β-unsaturated/α-hetero) is 1. The first-order chi connectivity index (χ1) is 16.3. The van der Waals surface area contributed by atoms with Gasteiger partial charge in [-0.2, -0.15) is 0 Å². The summed E-state index contributed by atoms with van der Waals surface area (Å²) in [5, 5.41) is 8.40. The average Bonchev–Trinajstić information content (AvgIpc) is 3.55. The van der Waals surface area contributed by atoms with Crippen molar-refractivity contribution in [1.82, 2.24) is 20.9 Å². The minimum absolute atomic E-state index is 0.0734. The van der Waals surface area contributed by atoms with Crippen LogP contribution in [-0.2, 0) is 19.2 Å². The van der Waals surface area contributed by atoms with Crippen LogP contribution in [0.5, 0.6) is 0 Å². The van der Waals surface area contributed by atoms with E-state index in [1.165, 1.54) is 0 Å². The number of ketones is 1. The molecule has 0 aromatic carbocycles. The molecular weight excluding hydrogens is 462 g/mol. The first-order valence-electron chi connectivity index (χ1n) is 12.9. The Bertz CT molecular complexity index is 943. The molecule has 0 aromatic heterocycles. The van der Waals surface area contributed by atoms with E-state index in [0.717, 1.165) is 12.8 Å². The molecule has 0 aromatic rings. The van der Waals surface area contributed by atoms with Gasteiger partial charge in [0.1, 0.15) is 12.1 Å². The normalized spacial score (nSPS) is 26.3. The van der Waals surface area contributed by atoms with E-state index in [-0.39, 0.29) is 29.1 Å². The summed E-state index contributed by atoms with van der Waals surface area (Å²) < 4.78 is 0. The van der Waals surface area contributed by atoms with Crippen molar-refractivity contribution in [2.45, 2.75) is 98.3 Å². The van der Waals surface area contributed by atoms with Gasteiger partial charge in [-0.25, -0.2) is 4.79 Å². The molecule has 0 bridgehead atoms. The van der Waals surface area contributed by atoms with Gasteiger partial charge >= 0.3 is 6.03 Å². The van der Waals surface area contributed by atoms with Crippen molar-refractivity contribution in [3.63, 3.8) is 0 Å². The maximum atomic E-state index is 13.9. The van der Waals surface area contributed by atoms with Gasteiger partial charge in [-0.3, -0.25) is 19.2 Å². The van der Waals surface area contributed by atoms with Crippen molar-refractivity contribution >= 4 is 29.5 Å². The highest BCUT2D eigenvalue weighted by atomic mass is 16.2. The number of urea groups is 1. The number of hydrogen-bond donors (Lipinski definition) is 4. The van der Waals surface area contributed by atoms with Crippen molar-refractivity contribution in [3.05, 3.63) is 0 Å². The highest BCUT2D eigenvalue weighted by Gasteiger charge is 2.70. The first kappa shape index (κ1) is 27.9. The minimum atomic E-state index is -1.08. The highest BCUT2D eigenvalue weighted by molar-refractivity contribution is 6.37. The number of fused-ring (bicyclic) bond motifs is 1. The zero-order valence-electron chi connectivity index (χ0n) is 22.9. The van der Waals surface area contributed by atoms with Crippen LogP contribution in [0.1, 0.15) is 74.7 Å². The lowest BCUT2D eigenvalue weighted by molar-refractivity contribution is -0.145. The van der Waals surface area contributed by atoms with Gasteiger partial charge in [-0.1, -0.05) is 47.5 Å². The fourth-order valence-electron chi connectivity index (χ4n) is 5.48. The van der Waals surface area contributed by atoms with E-state index in [0.29, 0.717) is 13.0 Å². The SMILES string of the molecule is CC(C)(C)NC(=O)N[C@H](C(=O)N1C[C@H]2[C@@H]([C@H]1C(=O)N[C@@H](CC1CC1)C(=O)C(N)=O)C2(C)C)C(C)(C)C. The summed E-state index contributed by atoms with van der Waals surface area (Å²) in [5.41, 5.74) is 4.01. The topological polar surface area (TPSA) is 151 Å². The van der Waals surface area contributed by atoms with E-state index in [1.54, 1.807) is 4.90 Å². The molecule has 5 N–H and O–H groups in total. The number of likely N-dealkylation sites (tertiary alicyclic amines) is 1.